The topological polar surface area (TPSA) is 67.8 Å². The molecule has 1 amide bonds. The molecular formula is C23H39N7O. The number of carbonyl (C=O) groups is 1. The predicted molar refractivity (Wildman–Crippen MR) is 125 cm³/mol. The van der Waals surface area contributed by atoms with Gasteiger partial charge in [0.1, 0.15) is 6.33 Å². The molecule has 3 fully saturated rings. The number of hydrogen-bond donors (Lipinski definition) is 1. The number of rotatable bonds is 6. The monoisotopic (exact) mass is 429 g/mol. The maximum atomic E-state index is 12.7. The van der Waals surface area contributed by atoms with E-state index in [9.17, 15) is 4.79 Å². The molecule has 172 valence electrons. The fraction of sp³-hybridized carbons (Fsp3) is 0.783. The van der Waals surface area contributed by atoms with Crippen molar-refractivity contribution in [2.75, 3.05) is 75.8 Å². The van der Waals surface area contributed by atoms with Gasteiger partial charge in [-0.2, -0.15) is 0 Å². The standard InChI is InChI=1S/C23H39N7O/c1-19-5-3-4-9-28(19)12-8-25-23(31)20-6-10-29(11-7-20)21-17-24-18-26-22(21)30-15-13-27(2)14-16-30/h17-20H,3-16H2,1-2H3,(H,25,31)/t19-/m1/s1. The van der Waals surface area contributed by atoms with Crippen LogP contribution < -0.4 is 15.1 Å². The van der Waals surface area contributed by atoms with Crippen LogP contribution in [0.4, 0.5) is 11.5 Å². The highest BCUT2D eigenvalue weighted by Crippen LogP contribution is 2.30. The molecule has 1 atom stereocenters. The normalized spacial score (nSPS) is 24.4. The van der Waals surface area contributed by atoms with Crippen LogP contribution in [0.2, 0.25) is 0 Å². The Morgan fingerprint density at radius 3 is 2.55 bits per heavy atom. The van der Waals surface area contributed by atoms with Crippen LogP contribution in [0.15, 0.2) is 12.5 Å². The van der Waals surface area contributed by atoms with Gasteiger partial charge in [0.2, 0.25) is 5.91 Å². The third-order valence-corrected chi connectivity index (χ3v) is 7.32. The second-order valence-electron chi connectivity index (χ2n) is 9.46. The molecule has 0 radical (unpaired) electrons. The van der Waals surface area contributed by atoms with Gasteiger partial charge >= 0.3 is 0 Å². The van der Waals surface area contributed by atoms with E-state index in [-0.39, 0.29) is 11.8 Å². The number of carbonyl (C=O) groups excluding carboxylic acids is 1. The van der Waals surface area contributed by atoms with E-state index in [0.717, 1.165) is 76.7 Å². The maximum Gasteiger partial charge on any atom is 0.223 e. The zero-order chi connectivity index (χ0) is 21.6. The molecule has 8 heteroatoms. The molecule has 0 aromatic carbocycles. The Morgan fingerprint density at radius 1 is 1.03 bits per heavy atom. The fourth-order valence-electron chi connectivity index (χ4n) is 5.14. The number of likely N-dealkylation sites (tertiary alicyclic amines) is 1. The number of piperidine rings is 2. The van der Waals surface area contributed by atoms with E-state index in [4.69, 9.17) is 0 Å². The third kappa shape index (κ3) is 5.66. The number of nitrogens with zero attached hydrogens (tertiary/aromatic N) is 6. The number of likely N-dealkylation sites (N-methyl/N-ethyl adjacent to an activating group) is 1. The predicted octanol–water partition coefficient (Wildman–Crippen LogP) is 1.44. The first-order valence-corrected chi connectivity index (χ1v) is 12.1. The number of aromatic nitrogens is 2. The van der Waals surface area contributed by atoms with Crippen molar-refractivity contribution in [1.82, 2.24) is 25.1 Å². The average Bonchev–Trinajstić information content (AvgIpc) is 2.81. The second kappa shape index (κ2) is 10.6. The number of nitrogens with one attached hydrogen (secondary N) is 1. The van der Waals surface area contributed by atoms with E-state index in [1.165, 1.54) is 25.8 Å². The van der Waals surface area contributed by atoms with Gasteiger partial charge in [0.05, 0.1) is 11.9 Å². The van der Waals surface area contributed by atoms with E-state index in [2.05, 4.69) is 48.9 Å². The van der Waals surface area contributed by atoms with Gasteiger partial charge in [0, 0.05) is 64.3 Å². The van der Waals surface area contributed by atoms with Crippen LogP contribution in [-0.4, -0.2) is 97.7 Å². The molecule has 8 nitrogen and oxygen atoms in total. The van der Waals surface area contributed by atoms with E-state index >= 15 is 0 Å². The van der Waals surface area contributed by atoms with Crippen molar-refractivity contribution in [2.45, 2.75) is 45.1 Å². The van der Waals surface area contributed by atoms with Crippen LogP contribution in [-0.2, 0) is 4.79 Å². The molecule has 4 rings (SSSR count). The summed E-state index contributed by atoms with van der Waals surface area (Å²) in [7, 11) is 2.17. The molecule has 1 aromatic rings. The fourth-order valence-corrected chi connectivity index (χ4v) is 5.14. The van der Waals surface area contributed by atoms with Crippen molar-refractivity contribution in [3.63, 3.8) is 0 Å². The molecular weight excluding hydrogens is 390 g/mol. The lowest BCUT2D eigenvalue weighted by Gasteiger charge is -2.38. The first-order chi connectivity index (χ1) is 15.1. The van der Waals surface area contributed by atoms with Crippen molar-refractivity contribution in [3.05, 3.63) is 12.5 Å². The largest absolute Gasteiger partial charge is 0.367 e. The first-order valence-electron chi connectivity index (χ1n) is 12.1. The lowest BCUT2D eigenvalue weighted by atomic mass is 9.95. The van der Waals surface area contributed by atoms with Gasteiger partial charge in [-0.3, -0.25) is 9.69 Å². The third-order valence-electron chi connectivity index (χ3n) is 7.32. The molecule has 3 aliphatic heterocycles. The van der Waals surface area contributed by atoms with Gasteiger partial charge in [-0.1, -0.05) is 6.42 Å². The van der Waals surface area contributed by atoms with E-state index in [1.54, 1.807) is 6.33 Å². The van der Waals surface area contributed by atoms with Crippen molar-refractivity contribution in [2.24, 2.45) is 5.92 Å². The maximum absolute atomic E-state index is 12.7. The molecule has 0 saturated carbocycles. The minimum atomic E-state index is 0.117. The van der Waals surface area contributed by atoms with Crippen molar-refractivity contribution in [3.8, 4) is 0 Å². The average molecular weight is 430 g/mol. The van der Waals surface area contributed by atoms with Gasteiger partial charge in [-0.05, 0) is 46.2 Å². The van der Waals surface area contributed by atoms with Crippen molar-refractivity contribution < 1.29 is 4.79 Å². The van der Waals surface area contributed by atoms with Crippen LogP contribution >= 0.6 is 0 Å². The Labute approximate surface area is 187 Å². The summed E-state index contributed by atoms with van der Waals surface area (Å²) in [4.78, 5) is 31.3. The summed E-state index contributed by atoms with van der Waals surface area (Å²) in [6, 6.07) is 0.650. The molecule has 0 spiro atoms. The van der Waals surface area contributed by atoms with E-state index in [0.29, 0.717) is 6.04 Å². The van der Waals surface area contributed by atoms with Gasteiger partial charge in [-0.25, -0.2) is 9.97 Å². The smallest absolute Gasteiger partial charge is 0.223 e. The Morgan fingerprint density at radius 2 is 1.81 bits per heavy atom. The number of amides is 1. The second-order valence-corrected chi connectivity index (χ2v) is 9.46. The minimum Gasteiger partial charge on any atom is -0.367 e. The lowest BCUT2D eigenvalue weighted by Crippen LogP contribution is -2.46. The molecule has 0 bridgehead atoms. The summed E-state index contributed by atoms with van der Waals surface area (Å²) in [5, 5.41) is 3.21. The quantitative estimate of drug-likeness (QED) is 0.734. The van der Waals surface area contributed by atoms with Crippen LogP contribution in [0, 0.1) is 5.92 Å². The lowest BCUT2D eigenvalue weighted by molar-refractivity contribution is -0.125. The highest BCUT2D eigenvalue weighted by atomic mass is 16.1. The Bertz CT molecular complexity index is 714. The summed E-state index contributed by atoms with van der Waals surface area (Å²) < 4.78 is 0. The van der Waals surface area contributed by atoms with Gasteiger partial charge in [0.25, 0.3) is 0 Å². The van der Waals surface area contributed by atoms with Crippen molar-refractivity contribution in [1.29, 1.82) is 0 Å². The summed E-state index contributed by atoms with van der Waals surface area (Å²) in [5.74, 6) is 1.39. The van der Waals surface area contributed by atoms with Gasteiger partial charge in [0.15, 0.2) is 5.82 Å². The molecule has 3 aliphatic rings. The molecule has 4 heterocycles. The van der Waals surface area contributed by atoms with Crippen LogP contribution in [0.3, 0.4) is 0 Å². The minimum absolute atomic E-state index is 0.117. The van der Waals surface area contributed by atoms with E-state index < -0.39 is 0 Å². The molecule has 0 unspecified atom stereocenters. The Kier molecular flexibility index (Phi) is 7.61. The molecule has 0 aliphatic carbocycles. The summed E-state index contributed by atoms with van der Waals surface area (Å²) in [6.07, 6.45) is 9.29. The van der Waals surface area contributed by atoms with Crippen molar-refractivity contribution >= 4 is 17.4 Å². The number of hydrogen-bond acceptors (Lipinski definition) is 7. The zero-order valence-corrected chi connectivity index (χ0v) is 19.3. The van der Waals surface area contributed by atoms with Crippen LogP contribution in [0.25, 0.3) is 0 Å². The Hall–Kier alpha value is -1.93. The molecule has 3 saturated heterocycles. The highest BCUT2D eigenvalue weighted by Gasteiger charge is 2.28. The summed E-state index contributed by atoms with van der Waals surface area (Å²) in [5.41, 5.74) is 1.12. The van der Waals surface area contributed by atoms with E-state index in [1.807, 2.05) is 6.20 Å². The number of piperazine rings is 1. The molecule has 1 N–H and O–H groups in total. The van der Waals surface area contributed by atoms with Gasteiger partial charge < -0.3 is 20.0 Å². The molecule has 1 aromatic heterocycles. The van der Waals surface area contributed by atoms with Gasteiger partial charge in [-0.15, -0.1) is 0 Å². The zero-order valence-electron chi connectivity index (χ0n) is 19.3. The number of anilines is 2. The summed E-state index contributed by atoms with van der Waals surface area (Å²) >= 11 is 0. The summed E-state index contributed by atoms with van der Waals surface area (Å²) in [6.45, 7) is 11.1. The molecule has 31 heavy (non-hydrogen) atoms. The van der Waals surface area contributed by atoms with Crippen LogP contribution in [0.1, 0.15) is 39.0 Å². The first kappa shape index (κ1) is 22.3. The highest BCUT2D eigenvalue weighted by molar-refractivity contribution is 5.79. The SMILES string of the molecule is C[C@@H]1CCCCN1CCNC(=O)C1CCN(c2cncnc2N2CCN(C)CC2)CC1. The Balaban J connectivity index is 1.25. The van der Waals surface area contributed by atoms with Crippen LogP contribution in [0.5, 0.6) is 0 Å².